The molecule has 3 rings (SSSR count). The lowest BCUT2D eigenvalue weighted by Crippen LogP contribution is -2.46. The molecule has 1 amide bonds. The highest BCUT2D eigenvalue weighted by molar-refractivity contribution is 5.73. The number of carbonyl (C=O) groups is 1. The third kappa shape index (κ3) is 5.53. The van der Waals surface area contributed by atoms with Crippen LogP contribution in [0.15, 0.2) is 42.7 Å². The van der Waals surface area contributed by atoms with Crippen LogP contribution in [0.2, 0.25) is 0 Å². The Labute approximate surface area is 148 Å². The lowest BCUT2D eigenvalue weighted by molar-refractivity contribution is -0.120. The molecule has 0 aliphatic carbocycles. The summed E-state index contributed by atoms with van der Waals surface area (Å²) in [4.78, 5) is 22.4. The maximum absolute atomic E-state index is 11.2. The second-order valence-corrected chi connectivity index (χ2v) is 6.53. The van der Waals surface area contributed by atoms with Crippen molar-refractivity contribution in [3.05, 3.63) is 53.9 Å². The maximum atomic E-state index is 11.2. The van der Waals surface area contributed by atoms with Gasteiger partial charge in [0.25, 0.3) is 0 Å². The van der Waals surface area contributed by atoms with E-state index in [1.54, 1.807) is 6.92 Å². The van der Waals surface area contributed by atoms with Gasteiger partial charge >= 0.3 is 0 Å². The average Bonchev–Trinajstić information content (AvgIpc) is 2.62. The van der Waals surface area contributed by atoms with Crippen LogP contribution in [0.1, 0.15) is 30.9 Å². The highest BCUT2D eigenvalue weighted by Gasteiger charge is 2.20. The fourth-order valence-electron chi connectivity index (χ4n) is 3.17. The number of hydrogen-bond acceptors (Lipinski definition) is 5. The van der Waals surface area contributed by atoms with Crippen LogP contribution in [0.4, 0.5) is 5.95 Å². The van der Waals surface area contributed by atoms with Gasteiger partial charge in [-0.1, -0.05) is 30.3 Å². The van der Waals surface area contributed by atoms with E-state index < -0.39 is 0 Å². The van der Waals surface area contributed by atoms with Gasteiger partial charge in [0.05, 0.1) is 0 Å². The lowest BCUT2D eigenvalue weighted by atomic mass is 10.1. The standard InChI is InChI=1S/C19H25N5O/c1-15(25)23-18-8-5-9-24(14-18)13-17-11-21-19(22-12-17)20-10-16-6-3-2-4-7-16/h2-4,6-7,11-12,18H,5,8-10,13-14H2,1H3,(H,23,25)(H,20,21,22)/t18-/m1/s1. The molecule has 1 aliphatic rings. The van der Waals surface area contributed by atoms with Crippen molar-refractivity contribution in [2.75, 3.05) is 18.4 Å². The summed E-state index contributed by atoms with van der Waals surface area (Å²) in [6, 6.07) is 10.4. The minimum Gasteiger partial charge on any atom is -0.352 e. The molecule has 1 fully saturated rings. The van der Waals surface area contributed by atoms with Crippen LogP contribution in [0.25, 0.3) is 0 Å². The van der Waals surface area contributed by atoms with Crippen molar-refractivity contribution >= 4 is 11.9 Å². The van der Waals surface area contributed by atoms with Gasteiger partial charge in [-0.25, -0.2) is 9.97 Å². The highest BCUT2D eigenvalue weighted by Crippen LogP contribution is 2.13. The van der Waals surface area contributed by atoms with E-state index in [0.29, 0.717) is 12.5 Å². The molecule has 1 aliphatic heterocycles. The molecule has 0 bridgehead atoms. The number of anilines is 1. The molecular formula is C19H25N5O. The van der Waals surface area contributed by atoms with Crippen molar-refractivity contribution in [1.82, 2.24) is 20.2 Å². The molecule has 25 heavy (non-hydrogen) atoms. The molecule has 6 heteroatoms. The predicted molar refractivity (Wildman–Crippen MR) is 97.9 cm³/mol. The summed E-state index contributed by atoms with van der Waals surface area (Å²) in [7, 11) is 0. The number of nitrogens with one attached hydrogen (secondary N) is 2. The molecule has 0 saturated carbocycles. The zero-order valence-corrected chi connectivity index (χ0v) is 14.6. The fourth-order valence-corrected chi connectivity index (χ4v) is 3.17. The van der Waals surface area contributed by atoms with Crippen molar-refractivity contribution in [3.8, 4) is 0 Å². The smallest absolute Gasteiger partial charge is 0.222 e. The fraction of sp³-hybridized carbons (Fsp3) is 0.421. The zero-order chi connectivity index (χ0) is 17.5. The molecule has 1 saturated heterocycles. The zero-order valence-electron chi connectivity index (χ0n) is 14.6. The van der Waals surface area contributed by atoms with Crippen molar-refractivity contribution in [3.63, 3.8) is 0 Å². The number of carbonyl (C=O) groups excluding carboxylic acids is 1. The first-order chi connectivity index (χ1) is 12.2. The first kappa shape index (κ1) is 17.4. The van der Waals surface area contributed by atoms with Crippen LogP contribution >= 0.6 is 0 Å². The van der Waals surface area contributed by atoms with Gasteiger partial charge in [-0.2, -0.15) is 0 Å². The van der Waals surface area contributed by atoms with E-state index in [4.69, 9.17) is 0 Å². The number of nitrogens with zero attached hydrogens (tertiary/aromatic N) is 3. The van der Waals surface area contributed by atoms with E-state index in [1.165, 1.54) is 5.56 Å². The van der Waals surface area contributed by atoms with Gasteiger partial charge in [-0.05, 0) is 24.9 Å². The van der Waals surface area contributed by atoms with Crippen LogP contribution in [0.5, 0.6) is 0 Å². The monoisotopic (exact) mass is 339 g/mol. The average molecular weight is 339 g/mol. The van der Waals surface area contributed by atoms with Crippen LogP contribution in [0, 0.1) is 0 Å². The number of rotatable bonds is 6. The molecule has 132 valence electrons. The molecule has 6 nitrogen and oxygen atoms in total. The lowest BCUT2D eigenvalue weighted by Gasteiger charge is -2.32. The van der Waals surface area contributed by atoms with Crippen LogP contribution < -0.4 is 10.6 Å². The van der Waals surface area contributed by atoms with Gasteiger partial charge in [0.2, 0.25) is 11.9 Å². The Morgan fingerprint density at radius 1 is 1.20 bits per heavy atom. The third-order valence-electron chi connectivity index (χ3n) is 4.32. The molecule has 1 atom stereocenters. The normalized spacial score (nSPS) is 17.9. The minimum atomic E-state index is 0.0454. The Bertz CT molecular complexity index is 674. The molecule has 1 aromatic carbocycles. The Hall–Kier alpha value is -2.47. The van der Waals surface area contributed by atoms with Gasteiger partial charge in [-0.3, -0.25) is 9.69 Å². The topological polar surface area (TPSA) is 70.2 Å². The minimum absolute atomic E-state index is 0.0454. The number of benzene rings is 1. The summed E-state index contributed by atoms with van der Waals surface area (Å²) < 4.78 is 0. The molecule has 1 aromatic heterocycles. The van der Waals surface area contributed by atoms with E-state index >= 15 is 0 Å². The van der Waals surface area contributed by atoms with E-state index in [9.17, 15) is 4.79 Å². The van der Waals surface area contributed by atoms with E-state index in [-0.39, 0.29) is 11.9 Å². The molecule has 2 aromatic rings. The van der Waals surface area contributed by atoms with Gasteiger partial charge < -0.3 is 10.6 Å². The molecular weight excluding hydrogens is 314 g/mol. The van der Waals surface area contributed by atoms with Crippen molar-refractivity contribution < 1.29 is 4.79 Å². The number of aromatic nitrogens is 2. The second-order valence-electron chi connectivity index (χ2n) is 6.53. The van der Waals surface area contributed by atoms with E-state index in [0.717, 1.165) is 38.0 Å². The van der Waals surface area contributed by atoms with Crippen molar-refractivity contribution in [1.29, 1.82) is 0 Å². The SMILES string of the molecule is CC(=O)N[C@@H]1CCCN(Cc2cnc(NCc3ccccc3)nc2)C1. The van der Waals surface area contributed by atoms with Crippen molar-refractivity contribution in [2.24, 2.45) is 0 Å². The van der Waals surface area contributed by atoms with E-state index in [1.807, 2.05) is 30.6 Å². The molecule has 2 N–H and O–H groups in total. The van der Waals surface area contributed by atoms with Crippen LogP contribution in [0.3, 0.4) is 0 Å². The number of likely N-dealkylation sites (tertiary alicyclic amines) is 1. The van der Waals surface area contributed by atoms with Gasteiger partial charge in [0, 0.05) is 50.6 Å². The quantitative estimate of drug-likeness (QED) is 0.844. The summed E-state index contributed by atoms with van der Waals surface area (Å²) >= 11 is 0. The van der Waals surface area contributed by atoms with E-state index in [2.05, 4.69) is 37.6 Å². The molecule has 2 heterocycles. The Morgan fingerprint density at radius 3 is 2.68 bits per heavy atom. The summed E-state index contributed by atoms with van der Waals surface area (Å²) in [6.07, 6.45) is 5.90. The van der Waals surface area contributed by atoms with Gasteiger partial charge in [0.15, 0.2) is 0 Å². The Morgan fingerprint density at radius 2 is 1.96 bits per heavy atom. The summed E-state index contributed by atoms with van der Waals surface area (Å²) in [5.41, 5.74) is 2.29. The highest BCUT2D eigenvalue weighted by atomic mass is 16.1. The Balaban J connectivity index is 1.49. The Kier molecular flexibility index (Phi) is 5.95. The third-order valence-corrected chi connectivity index (χ3v) is 4.32. The summed E-state index contributed by atoms with van der Waals surface area (Å²) in [5, 5.41) is 6.25. The first-order valence-electron chi connectivity index (χ1n) is 8.77. The molecule has 0 spiro atoms. The molecule has 0 unspecified atom stereocenters. The summed E-state index contributed by atoms with van der Waals surface area (Å²) in [5.74, 6) is 0.686. The number of hydrogen-bond donors (Lipinski definition) is 2. The van der Waals surface area contributed by atoms with Crippen LogP contribution in [-0.4, -0.2) is 39.9 Å². The predicted octanol–water partition coefficient (Wildman–Crippen LogP) is 2.19. The van der Waals surface area contributed by atoms with Crippen molar-refractivity contribution in [2.45, 2.75) is 38.9 Å². The summed E-state index contributed by atoms with van der Waals surface area (Å²) in [6.45, 7) is 5.03. The van der Waals surface area contributed by atoms with Crippen LogP contribution in [-0.2, 0) is 17.9 Å². The largest absolute Gasteiger partial charge is 0.352 e. The first-order valence-corrected chi connectivity index (χ1v) is 8.77. The number of amides is 1. The molecule has 0 radical (unpaired) electrons. The van der Waals surface area contributed by atoms with Gasteiger partial charge in [-0.15, -0.1) is 0 Å². The van der Waals surface area contributed by atoms with Gasteiger partial charge in [0.1, 0.15) is 0 Å². The number of piperidine rings is 1. The second kappa shape index (κ2) is 8.58. The maximum Gasteiger partial charge on any atom is 0.222 e.